The van der Waals surface area contributed by atoms with Gasteiger partial charge in [-0.15, -0.1) is 0 Å². The average molecular weight is 165 g/mol. The van der Waals surface area contributed by atoms with Crippen molar-refractivity contribution in [2.45, 2.75) is 32.6 Å². The molecule has 2 aliphatic rings. The van der Waals surface area contributed by atoms with Crippen molar-refractivity contribution in [1.82, 2.24) is 0 Å². The smallest absolute Gasteiger partial charge is 0.00406 e. The van der Waals surface area contributed by atoms with E-state index in [0.29, 0.717) is 0 Å². The second-order valence-corrected chi connectivity index (χ2v) is 4.44. The van der Waals surface area contributed by atoms with Crippen molar-refractivity contribution in [2.24, 2.45) is 23.5 Å². The van der Waals surface area contributed by atoms with E-state index in [1.165, 1.54) is 25.7 Å². The van der Waals surface area contributed by atoms with Gasteiger partial charge in [-0.25, -0.2) is 0 Å². The Bertz CT molecular complexity index is 195. The minimum absolute atomic E-state index is 0.740. The van der Waals surface area contributed by atoms with Gasteiger partial charge in [0, 0.05) is 0 Å². The number of rotatable bonds is 1. The first-order chi connectivity index (χ1) is 5.81. The van der Waals surface area contributed by atoms with Crippen LogP contribution in [0.4, 0.5) is 0 Å². The highest BCUT2D eigenvalue weighted by Crippen LogP contribution is 2.41. The van der Waals surface area contributed by atoms with Gasteiger partial charge in [-0.1, -0.05) is 18.6 Å². The third-order valence-electron chi connectivity index (χ3n) is 3.65. The molecule has 0 heterocycles. The predicted octanol–water partition coefficient (Wildman–Crippen LogP) is 2.33. The Hall–Kier alpha value is -0.300. The summed E-state index contributed by atoms with van der Waals surface area (Å²) in [5, 5.41) is 0. The van der Waals surface area contributed by atoms with Gasteiger partial charge < -0.3 is 5.73 Å². The van der Waals surface area contributed by atoms with E-state index in [1.54, 1.807) is 5.57 Å². The van der Waals surface area contributed by atoms with E-state index >= 15 is 0 Å². The lowest BCUT2D eigenvalue weighted by molar-refractivity contribution is 0.221. The summed E-state index contributed by atoms with van der Waals surface area (Å²) in [6, 6.07) is 0. The molecule has 2 bridgehead atoms. The molecule has 1 saturated carbocycles. The van der Waals surface area contributed by atoms with Crippen LogP contribution in [0.15, 0.2) is 11.6 Å². The van der Waals surface area contributed by atoms with Crippen LogP contribution in [0.2, 0.25) is 0 Å². The predicted molar refractivity (Wildman–Crippen MR) is 51.7 cm³/mol. The molecule has 0 aromatic rings. The van der Waals surface area contributed by atoms with Gasteiger partial charge in [0.05, 0.1) is 0 Å². The van der Waals surface area contributed by atoms with Gasteiger partial charge in [0.2, 0.25) is 0 Å². The Morgan fingerprint density at radius 3 is 3.17 bits per heavy atom. The molecular formula is C11H19N. The fourth-order valence-corrected chi connectivity index (χ4v) is 2.98. The van der Waals surface area contributed by atoms with Crippen LogP contribution in [0.5, 0.6) is 0 Å². The van der Waals surface area contributed by atoms with Crippen LogP contribution in [-0.2, 0) is 0 Å². The monoisotopic (exact) mass is 165 g/mol. The zero-order valence-electron chi connectivity index (χ0n) is 7.92. The maximum absolute atomic E-state index is 5.80. The molecular weight excluding hydrogens is 146 g/mol. The van der Waals surface area contributed by atoms with Crippen molar-refractivity contribution in [3.63, 3.8) is 0 Å². The van der Waals surface area contributed by atoms with E-state index in [2.05, 4.69) is 13.0 Å². The van der Waals surface area contributed by atoms with Gasteiger partial charge >= 0.3 is 0 Å². The van der Waals surface area contributed by atoms with Crippen molar-refractivity contribution in [1.29, 1.82) is 0 Å². The standard InChI is InChI=1S/C11H19N/c1-8-5-9-3-2-4-10(6-9)11(8)7-12/h5,8,10-11H,2-4,6-7,12H2,1H3. The maximum Gasteiger partial charge on any atom is -0.00406 e. The second kappa shape index (κ2) is 3.21. The summed E-state index contributed by atoms with van der Waals surface area (Å²) in [5.74, 6) is 2.43. The van der Waals surface area contributed by atoms with E-state index in [9.17, 15) is 0 Å². The van der Waals surface area contributed by atoms with Gasteiger partial charge in [-0.2, -0.15) is 0 Å². The molecule has 3 atom stereocenters. The zero-order valence-corrected chi connectivity index (χ0v) is 7.92. The summed E-state index contributed by atoms with van der Waals surface area (Å²) in [6.07, 6.45) is 8.01. The van der Waals surface area contributed by atoms with E-state index in [1.807, 2.05) is 0 Å². The second-order valence-electron chi connectivity index (χ2n) is 4.44. The lowest BCUT2D eigenvalue weighted by atomic mass is 9.68. The number of allylic oxidation sites excluding steroid dienone is 2. The Labute approximate surface area is 75.0 Å². The van der Waals surface area contributed by atoms with Gasteiger partial charge in [0.15, 0.2) is 0 Å². The van der Waals surface area contributed by atoms with Gasteiger partial charge in [0.25, 0.3) is 0 Å². The van der Waals surface area contributed by atoms with Crippen LogP contribution >= 0.6 is 0 Å². The molecule has 0 saturated heterocycles. The summed E-state index contributed by atoms with van der Waals surface area (Å²) in [4.78, 5) is 0. The SMILES string of the molecule is CC1C=C2CCCC(C2)C1CN. The molecule has 0 aromatic heterocycles. The first kappa shape index (κ1) is 8.31. The first-order valence-electron chi connectivity index (χ1n) is 5.21. The molecule has 0 spiro atoms. The van der Waals surface area contributed by atoms with E-state index in [4.69, 9.17) is 5.73 Å². The third-order valence-corrected chi connectivity index (χ3v) is 3.65. The van der Waals surface area contributed by atoms with Crippen molar-refractivity contribution in [2.75, 3.05) is 6.54 Å². The fourth-order valence-electron chi connectivity index (χ4n) is 2.98. The van der Waals surface area contributed by atoms with Crippen LogP contribution in [-0.4, -0.2) is 6.54 Å². The minimum Gasteiger partial charge on any atom is -0.330 e. The van der Waals surface area contributed by atoms with E-state index in [-0.39, 0.29) is 0 Å². The largest absolute Gasteiger partial charge is 0.330 e. The first-order valence-corrected chi connectivity index (χ1v) is 5.21. The van der Waals surface area contributed by atoms with Gasteiger partial charge in [0.1, 0.15) is 0 Å². The van der Waals surface area contributed by atoms with Gasteiger partial charge in [-0.3, -0.25) is 0 Å². The minimum atomic E-state index is 0.740. The molecule has 12 heavy (non-hydrogen) atoms. The Morgan fingerprint density at radius 1 is 1.58 bits per heavy atom. The number of hydrogen-bond acceptors (Lipinski definition) is 1. The quantitative estimate of drug-likeness (QED) is 0.593. The Balaban J connectivity index is 2.18. The molecule has 2 N–H and O–H groups in total. The van der Waals surface area contributed by atoms with Crippen LogP contribution in [0.3, 0.4) is 0 Å². The lowest BCUT2D eigenvalue weighted by Crippen LogP contribution is -2.33. The highest BCUT2D eigenvalue weighted by Gasteiger charge is 2.31. The molecule has 2 aliphatic carbocycles. The molecule has 3 unspecified atom stereocenters. The van der Waals surface area contributed by atoms with Crippen molar-refractivity contribution >= 4 is 0 Å². The molecule has 68 valence electrons. The summed E-state index contributed by atoms with van der Waals surface area (Å²) >= 11 is 0. The fraction of sp³-hybridized carbons (Fsp3) is 0.818. The summed E-state index contributed by atoms with van der Waals surface area (Å²) in [6.45, 7) is 3.21. The van der Waals surface area contributed by atoms with Crippen LogP contribution in [0.1, 0.15) is 32.6 Å². The molecule has 1 nitrogen and oxygen atoms in total. The Morgan fingerprint density at radius 2 is 2.42 bits per heavy atom. The van der Waals surface area contributed by atoms with Gasteiger partial charge in [-0.05, 0) is 50.0 Å². The average Bonchev–Trinajstić information content (AvgIpc) is 2.04. The van der Waals surface area contributed by atoms with Crippen LogP contribution in [0, 0.1) is 17.8 Å². The van der Waals surface area contributed by atoms with Crippen LogP contribution < -0.4 is 5.73 Å². The molecule has 1 heteroatoms. The van der Waals surface area contributed by atoms with Crippen molar-refractivity contribution < 1.29 is 0 Å². The molecule has 0 amide bonds. The number of nitrogens with two attached hydrogens (primary N) is 1. The number of fused-ring (bicyclic) bond motifs is 2. The van der Waals surface area contributed by atoms with E-state index in [0.717, 1.165) is 24.3 Å². The molecule has 2 rings (SSSR count). The molecule has 0 aromatic carbocycles. The molecule has 0 aliphatic heterocycles. The van der Waals surface area contributed by atoms with E-state index < -0.39 is 0 Å². The topological polar surface area (TPSA) is 26.0 Å². The van der Waals surface area contributed by atoms with Crippen LogP contribution in [0.25, 0.3) is 0 Å². The molecule has 0 radical (unpaired) electrons. The lowest BCUT2D eigenvalue weighted by Gasteiger charge is -2.38. The maximum atomic E-state index is 5.80. The Kier molecular flexibility index (Phi) is 2.22. The normalized spacial score (nSPS) is 40.8. The van der Waals surface area contributed by atoms with Crippen molar-refractivity contribution in [3.8, 4) is 0 Å². The third kappa shape index (κ3) is 1.31. The summed E-state index contributed by atoms with van der Waals surface area (Å²) in [5.41, 5.74) is 7.51. The number of hydrogen-bond donors (Lipinski definition) is 1. The molecule has 1 fully saturated rings. The highest BCUT2D eigenvalue weighted by atomic mass is 14.6. The summed E-state index contributed by atoms with van der Waals surface area (Å²) in [7, 11) is 0. The zero-order chi connectivity index (χ0) is 8.55. The van der Waals surface area contributed by atoms with Crippen molar-refractivity contribution in [3.05, 3.63) is 11.6 Å². The summed E-state index contributed by atoms with van der Waals surface area (Å²) < 4.78 is 0. The highest BCUT2D eigenvalue weighted by molar-refractivity contribution is 5.13.